The van der Waals surface area contributed by atoms with Crippen LogP contribution in [0, 0.1) is 0 Å². The van der Waals surface area contributed by atoms with E-state index in [1.807, 2.05) is 18.2 Å². The molecular formula is C14H21N3O2. The van der Waals surface area contributed by atoms with Crippen LogP contribution in [0.3, 0.4) is 0 Å². The highest BCUT2D eigenvalue weighted by Gasteiger charge is 2.27. The first-order valence-electron chi connectivity index (χ1n) is 6.73. The van der Waals surface area contributed by atoms with Crippen molar-refractivity contribution in [3.63, 3.8) is 0 Å². The number of fused-ring (bicyclic) bond motifs is 1. The van der Waals surface area contributed by atoms with Crippen molar-refractivity contribution in [2.75, 3.05) is 29.9 Å². The van der Waals surface area contributed by atoms with Crippen molar-refractivity contribution in [2.45, 2.75) is 25.8 Å². The van der Waals surface area contributed by atoms with Crippen molar-refractivity contribution in [2.24, 2.45) is 5.73 Å². The van der Waals surface area contributed by atoms with Crippen LogP contribution in [-0.4, -0.2) is 30.7 Å². The van der Waals surface area contributed by atoms with E-state index in [0.717, 1.165) is 36.3 Å². The number of rotatable bonds is 6. The van der Waals surface area contributed by atoms with Gasteiger partial charge < -0.3 is 21.1 Å². The van der Waals surface area contributed by atoms with Gasteiger partial charge in [-0.2, -0.15) is 0 Å². The fourth-order valence-electron chi connectivity index (χ4n) is 2.31. The highest BCUT2D eigenvalue weighted by atomic mass is 16.3. The van der Waals surface area contributed by atoms with Crippen LogP contribution in [0.15, 0.2) is 18.2 Å². The monoisotopic (exact) mass is 263 g/mol. The van der Waals surface area contributed by atoms with E-state index in [9.17, 15) is 4.79 Å². The minimum Gasteiger partial charge on any atom is -0.395 e. The van der Waals surface area contributed by atoms with Gasteiger partial charge in [0.2, 0.25) is 5.91 Å². The molecule has 1 aliphatic rings. The molecular weight excluding hydrogens is 242 g/mol. The van der Waals surface area contributed by atoms with E-state index in [-0.39, 0.29) is 12.5 Å². The Morgan fingerprint density at radius 2 is 2.21 bits per heavy atom. The number of unbranched alkanes of at least 4 members (excludes halogenated alkanes) is 1. The van der Waals surface area contributed by atoms with E-state index in [0.29, 0.717) is 6.54 Å². The van der Waals surface area contributed by atoms with Crippen LogP contribution in [0.1, 0.15) is 31.4 Å². The van der Waals surface area contributed by atoms with Crippen molar-refractivity contribution < 1.29 is 9.90 Å². The maximum absolute atomic E-state index is 11.5. The number of carbonyl (C=O) groups excluding carboxylic acids is 1. The summed E-state index contributed by atoms with van der Waals surface area (Å²) in [6, 6.07) is 5.23. The molecule has 0 spiro atoms. The van der Waals surface area contributed by atoms with Gasteiger partial charge in [0.15, 0.2) is 0 Å². The van der Waals surface area contributed by atoms with Crippen LogP contribution in [-0.2, 0) is 4.79 Å². The lowest BCUT2D eigenvalue weighted by molar-refractivity contribution is -0.116. The lowest BCUT2D eigenvalue weighted by Crippen LogP contribution is -2.27. The molecule has 1 aliphatic heterocycles. The molecule has 0 fully saturated rings. The fourth-order valence-corrected chi connectivity index (χ4v) is 2.31. The number of anilines is 2. The molecule has 1 heterocycles. The Morgan fingerprint density at radius 3 is 2.89 bits per heavy atom. The number of nitrogens with zero attached hydrogens (tertiary/aromatic N) is 1. The predicted octanol–water partition coefficient (Wildman–Crippen LogP) is 1.24. The number of carbonyl (C=O) groups is 1. The van der Waals surface area contributed by atoms with Gasteiger partial charge >= 0.3 is 0 Å². The van der Waals surface area contributed by atoms with E-state index in [4.69, 9.17) is 10.8 Å². The zero-order valence-electron chi connectivity index (χ0n) is 11.2. The Bertz CT molecular complexity index is 462. The average Bonchev–Trinajstić information content (AvgIpc) is 2.69. The van der Waals surface area contributed by atoms with E-state index in [1.165, 1.54) is 0 Å². The van der Waals surface area contributed by atoms with Crippen LogP contribution in [0.4, 0.5) is 11.4 Å². The summed E-state index contributed by atoms with van der Waals surface area (Å²) < 4.78 is 0. The number of nitrogens with one attached hydrogen (secondary N) is 1. The average molecular weight is 263 g/mol. The second-order valence-electron chi connectivity index (χ2n) is 4.80. The smallest absolute Gasteiger partial charge is 0.245 e. The molecule has 0 radical (unpaired) electrons. The van der Waals surface area contributed by atoms with Crippen molar-refractivity contribution >= 4 is 17.3 Å². The normalized spacial score (nSPS) is 17.2. The fraction of sp³-hybridized carbons (Fsp3) is 0.500. The van der Waals surface area contributed by atoms with Crippen molar-refractivity contribution in [3.8, 4) is 0 Å². The van der Waals surface area contributed by atoms with Crippen LogP contribution in [0.2, 0.25) is 0 Å². The third-order valence-electron chi connectivity index (χ3n) is 3.43. The number of nitrogens with two attached hydrogens (primary N) is 1. The van der Waals surface area contributed by atoms with Gasteiger partial charge in [-0.3, -0.25) is 4.79 Å². The number of benzene rings is 1. The summed E-state index contributed by atoms with van der Waals surface area (Å²) in [6.07, 6.45) is 2.18. The largest absolute Gasteiger partial charge is 0.395 e. The SMILES string of the molecule is CCCCN(CCO)c1ccc2c(c1)NC(=O)C2N. The molecule has 1 aromatic carbocycles. The third-order valence-corrected chi connectivity index (χ3v) is 3.43. The van der Waals surface area contributed by atoms with Gasteiger partial charge in [0.1, 0.15) is 6.04 Å². The third kappa shape index (κ3) is 2.88. The lowest BCUT2D eigenvalue weighted by Gasteiger charge is -2.24. The van der Waals surface area contributed by atoms with E-state index in [1.54, 1.807) is 0 Å². The molecule has 1 aromatic rings. The summed E-state index contributed by atoms with van der Waals surface area (Å²) in [4.78, 5) is 13.6. The van der Waals surface area contributed by atoms with Gasteiger partial charge in [-0.15, -0.1) is 0 Å². The topological polar surface area (TPSA) is 78.6 Å². The number of hydrogen-bond donors (Lipinski definition) is 3. The van der Waals surface area contributed by atoms with Crippen LogP contribution in [0.25, 0.3) is 0 Å². The number of aliphatic hydroxyl groups is 1. The Labute approximate surface area is 113 Å². The Morgan fingerprint density at radius 1 is 1.42 bits per heavy atom. The Kier molecular flexibility index (Phi) is 4.39. The summed E-state index contributed by atoms with van der Waals surface area (Å²) in [5, 5.41) is 11.9. The minimum atomic E-state index is -0.564. The van der Waals surface area contributed by atoms with E-state index >= 15 is 0 Å². The first kappa shape index (κ1) is 13.8. The molecule has 104 valence electrons. The molecule has 5 heteroatoms. The molecule has 0 bridgehead atoms. The molecule has 0 saturated carbocycles. The van der Waals surface area contributed by atoms with Gasteiger partial charge in [-0.25, -0.2) is 0 Å². The summed E-state index contributed by atoms with van der Waals surface area (Å²) in [7, 11) is 0. The zero-order valence-corrected chi connectivity index (χ0v) is 11.2. The van der Waals surface area contributed by atoms with Gasteiger partial charge in [-0.05, 0) is 18.6 Å². The molecule has 2 rings (SSSR count). The summed E-state index contributed by atoms with van der Waals surface area (Å²) in [5.41, 5.74) is 8.43. The molecule has 5 nitrogen and oxygen atoms in total. The maximum Gasteiger partial charge on any atom is 0.245 e. The van der Waals surface area contributed by atoms with Crippen LogP contribution < -0.4 is 16.0 Å². The maximum atomic E-state index is 11.5. The van der Waals surface area contributed by atoms with Crippen molar-refractivity contribution in [3.05, 3.63) is 23.8 Å². The second kappa shape index (κ2) is 6.04. The molecule has 19 heavy (non-hydrogen) atoms. The summed E-state index contributed by atoms with van der Waals surface area (Å²) in [5.74, 6) is -0.158. The zero-order chi connectivity index (χ0) is 13.8. The highest BCUT2D eigenvalue weighted by molar-refractivity contribution is 6.02. The van der Waals surface area contributed by atoms with Crippen LogP contribution >= 0.6 is 0 Å². The minimum absolute atomic E-state index is 0.118. The van der Waals surface area contributed by atoms with Crippen LogP contribution in [0.5, 0.6) is 0 Å². The molecule has 4 N–H and O–H groups in total. The Hall–Kier alpha value is -1.59. The summed E-state index contributed by atoms with van der Waals surface area (Å²) >= 11 is 0. The molecule has 1 unspecified atom stereocenters. The second-order valence-corrected chi connectivity index (χ2v) is 4.80. The van der Waals surface area contributed by atoms with E-state index < -0.39 is 6.04 Å². The lowest BCUT2D eigenvalue weighted by atomic mass is 10.1. The van der Waals surface area contributed by atoms with Crippen molar-refractivity contribution in [1.82, 2.24) is 0 Å². The Balaban J connectivity index is 2.20. The van der Waals surface area contributed by atoms with Gasteiger partial charge in [0.25, 0.3) is 0 Å². The first-order chi connectivity index (χ1) is 9.17. The molecule has 1 amide bonds. The molecule has 0 aliphatic carbocycles. The molecule has 1 atom stereocenters. The molecule has 0 saturated heterocycles. The standard InChI is InChI=1S/C14H21N3O2/c1-2-3-6-17(7-8-18)10-4-5-11-12(9-10)16-14(19)13(11)15/h4-5,9,13,18H,2-3,6-8,15H2,1H3,(H,16,19). The highest BCUT2D eigenvalue weighted by Crippen LogP contribution is 2.32. The molecule has 0 aromatic heterocycles. The quantitative estimate of drug-likeness (QED) is 0.721. The van der Waals surface area contributed by atoms with Crippen molar-refractivity contribution in [1.29, 1.82) is 0 Å². The van der Waals surface area contributed by atoms with Gasteiger partial charge in [0, 0.05) is 30.0 Å². The number of amides is 1. The van der Waals surface area contributed by atoms with Gasteiger partial charge in [-0.1, -0.05) is 19.4 Å². The van der Waals surface area contributed by atoms with Gasteiger partial charge in [0.05, 0.1) is 6.61 Å². The number of hydrogen-bond acceptors (Lipinski definition) is 4. The summed E-state index contributed by atoms with van der Waals surface area (Å²) in [6.45, 7) is 3.75. The van der Waals surface area contributed by atoms with E-state index in [2.05, 4.69) is 17.1 Å². The predicted molar refractivity (Wildman–Crippen MR) is 76.2 cm³/mol. The first-order valence-corrected chi connectivity index (χ1v) is 6.73. The number of aliphatic hydroxyl groups excluding tert-OH is 1.